The lowest BCUT2D eigenvalue weighted by molar-refractivity contribution is 0.518. The van der Waals surface area contributed by atoms with Gasteiger partial charge in [0.15, 0.2) is 0 Å². The Labute approximate surface area is 124 Å². The van der Waals surface area contributed by atoms with Crippen LogP contribution in [0, 0.1) is 5.92 Å². The summed E-state index contributed by atoms with van der Waals surface area (Å²) in [6.45, 7) is 19.9. The second-order valence-corrected chi connectivity index (χ2v) is 5.01. The zero-order chi connectivity index (χ0) is 15.7. The monoisotopic (exact) mass is 269 g/mol. The fraction of sp³-hybridized carbons (Fsp3) is 0.316. The van der Waals surface area contributed by atoms with Crippen molar-refractivity contribution >= 4 is 0 Å². The van der Waals surface area contributed by atoms with Crippen molar-refractivity contribution in [2.24, 2.45) is 5.92 Å². The van der Waals surface area contributed by atoms with Gasteiger partial charge in [-0.15, -0.1) is 5.73 Å². The summed E-state index contributed by atoms with van der Waals surface area (Å²) in [4.78, 5) is 2.01. The van der Waals surface area contributed by atoms with Crippen LogP contribution in [0.2, 0.25) is 0 Å². The second kappa shape index (κ2) is 9.01. The molecule has 0 aromatic rings. The topological polar surface area (TPSA) is 3.24 Å². The Morgan fingerprint density at radius 2 is 1.80 bits per heavy atom. The molecule has 0 fully saturated rings. The summed E-state index contributed by atoms with van der Waals surface area (Å²) in [6.07, 6.45) is 9.99. The number of nitrogens with zero attached hydrogens (tertiary/aromatic N) is 1. The summed E-state index contributed by atoms with van der Waals surface area (Å²) in [7, 11) is 1.99. The molecule has 0 aliphatic carbocycles. The molecule has 0 aromatic heterocycles. The van der Waals surface area contributed by atoms with Gasteiger partial charge in [0.2, 0.25) is 0 Å². The van der Waals surface area contributed by atoms with Gasteiger partial charge in [-0.3, -0.25) is 0 Å². The van der Waals surface area contributed by atoms with Gasteiger partial charge in [0.1, 0.15) is 0 Å². The highest BCUT2D eigenvalue weighted by atomic mass is 15.1. The van der Waals surface area contributed by atoms with Gasteiger partial charge in [0.05, 0.1) is 0 Å². The van der Waals surface area contributed by atoms with Gasteiger partial charge in [-0.25, -0.2) is 0 Å². The summed E-state index contributed by atoms with van der Waals surface area (Å²) in [5, 5.41) is 0. The average Bonchev–Trinajstić information content (AvgIpc) is 2.36. The molecule has 0 aromatic carbocycles. The van der Waals surface area contributed by atoms with Crippen LogP contribution in [0.5, 0.6) is 0 Å². The van der Waals surface area contributed by atoms with Crippen LogP contribution in [0.1, 0.15) is 27.7 Å². The van der Waals surface area contributed by atoms with E-state index in [1.54, 1.807) is 6.20 Å². The van der Waals surface area contributed by atoms with Crippen LogP contribution in [0.4, 0.5) is 0 Å². The van der Waals surface area contributed by atoms with Gasteiger partial charge in [0.25, 0.3) is 0 Å². The van der Waals surface area contributed by atoms with Crippen molar-refractivity contribution in [1.29, 1.82) is 0 Å². The van der Waals surface area contributed by atoms with Crippen LogP contribution < -0.4 is 0 Å². The van der Waals surface area contributed by atoms with Crippen LogP contribution in [-0.2, 0) is 0 Å². The van der Waals surface area contributed by atoms with Crippen LogP contribution in [-0.4, -0.2) is 11.9 Å². The fourth-order valence-corrected chi connectivity index (χ4v) is 1.80. The molecule has 1 atom stereocenters. The van der Waals surface area contributed by atoms with E-state index >= 15 is 0 Å². The highest BCUT2D eigenvalue weighted by Crippen LogP contribution is 2.25. The molecule has 0 aliphatic heterocycles. The third kappa shape index (κ3) is 6.26. The largest absolute Gasteiger partial charge is 0.354 e. The Morgan fingerprint density at radius 1 is 1.20 bits per heavy atom. The molecule has 0 amide bonds. The number of rotatable bonds is 7. The van der Waals surface area contributed by atoms with Crippen molar-refractivity contribution in [1.82, 2.24) is 4.90 Å². The van der Waals surface area contributed by atoms with E-state index in [0.29, 0.717) is 0 Å². The van der Waals surface area contributed by atoms with Crippen molar-refractivity contribution in [2.45, 2.75) is 27.7 Å². The normalized spacial score (nSPS) is 12.6. The fourth-order valence-electron chi connectivity index (χ4n) is 1.80. The zero-order valence-corrected chi connectivity index (χ0v) is 13.5. The third-order valence-corrected chi connectivity index (χ3v) is 2.84. The van der Waals surface area contributed by atoms with Gasteiger partial charge >= 0.3 is 0 Å². The summed E-state index contributed by atoms with van der Waals surface area (Å²) in [5.74, 6) is 0.128. The maximum Gasteiger partial charge on any atom is 0.0380 e. The smallest absolute Gasteiger partial charge is 0.0380 e. The quantitative estimate of drug-likeness (QED) is 0.340. The molecule has 0 N–H and O–H groups in total. The minimum atomic E-state index is 0.128. The van der Waals surface area contributed by atoms with E-state index in [4.69, 9.17) is 0 Å². The van der Waals surface area contributed by atoms with E-state index in [2.05, 4.69) is 43.7 Å². The molecule has 0 saturated carbocycles. The predicted molar refractivity (Wildman–Crippen MR) is 91.2 cm³/mol. The van der Waals surface area contributed by atoms with Gasteiger partial charge in [0, 0.05) is 18.7 Å². The molecule has 0 rings (SSSR count). The van der Waals surface area contributed by atoms with E-state index in [0.717, 1.165) is 22.4 Å². The van der Waals surface area contributed by atoms with E-state index in [1.165, 1.54) is 0 Å². The molecule has 1 heteroatoms. The van der Waals surface area contributed by atoms with Crippen molar-refractivity contribution in [2.75, 3.05) is 7.05 Å². The highest BCUT2D eigenvalue weighted by molar-refractivity contribution is 5.32. The minimum absolute atomic E-state index is 0.128. The Bertz CT molecular complexity index is 494. The Balaban J connectivity index is 5.63. The second-order valence-electron chi connectivity index (χ2n) is 5.01. The summed E-state index contributed by atoms with van der Waals surface area (Å²) < 4.78 is 0. The van der Waals surface area contributed by atoms with Gasteiger partial charge < -0.3 is 4.90 Å². The van der Waals surface area contributed by atoms with Crippen molar-refractivity contribution in [3.63, 3.8) is 0 Å². The molecule has 1 unspecified atom stereocenters. The van der Waals surface area contributed by atoms with Crippen LogP contribution in [0.25, 0.3) is 0 Å². The van der Waals surface area contributed by atoms with Gasteiger partial charge in [-0.2, -0.15) is 0 Å². The first-order chi connectivity index (χ1) is 9.33. The number of hydrogen-bond donors (Lipinski definition) is 0. The molecular weight excluding hydrogens is 242 g/mol. The van der Waals surface area contributed by atoms with E-state index in [-0.39, 0.29) is 5.92 Å². The Hall–Kier alpha value is -1.98. The van der Waals surface area contributed by atoms with Crippen molar-refractivity contribution in [3.05, 3.63) is 78.4 Å². The summed E-state index contributed by atoms with van der Waals surface area (Å²) >= 11 is 0. The Morgan fingerprint density at radius 3 is 2.20 bits per heavy atom. The lowest BCUT2D eigenvalue weighted by Gasteiger charge is -2.25. The lowest BCUT2D eigenvalue weighted by Crippen LogP contribution is -2.18. The maximum absolute atomic E-state index is 4.10. The molecule has 108 valence electrons. The average molecular weight is 269 g/mol. The lowest BCUT2D eigenvalue weighted by atomic mass is 9.94. The maximum atomic E-state index is 4.10. The molecule has 0 heterocycles. The first-order valence-electron chi connectivity index (χ1n) is 6.77. The van der Waals surface area contributed by atoms with Crippen LogP contribution in [0.3, 0.4) is 0 Å². The van der Waals surface area contributed by atoms with Crippen LogP contribution >= 0.6 is 0 Å². The zero-order valence-electron chi connectivity index (χ0n) is 13.5. The Kier molecular flexibility index (Phi) is 8.12. The van der Waals surface area contributed by atoms with Crippen molar-refractivity contribution in [3.8, 4) is 0 Å². The van der Waals surface area contributed by atoms with E-state index in [9.17, 15) is 0 Å². The molecule has 0 radical (unpaired) electrons. The van der Waals surface area contributed by atoms with Gasteiger partial charge in [-0.1, -0.05) is 43.0 Å². The SMILES string of the molecule is C=CN(C)/C(=C\C(=C)C)C(/C=C\C(C)=C=CC)C(=C)C. The first-order valence-corrected chi connectivity index (χ1v) is 6.77. The van der Waals surface area contributed by atoms with E-state index < -0.39 is 0 Å². The molecule has 0 saturated heterocycles. The summed E-state index contributed by atoms with van der Waals surface area (Å²) in [6, 6.07) is 0. The molecule has 20 heavy (non-hydrogen) atoms. The highest BCUT2D eigenvalue weighted by Gasteiger charge is 2.14. The van der Waals surface area contributed by atoms with Gasteiger partial charge in [-0.05, 0) is 51.6 Å². The van der Waals surface area contributed by atoms with E-state index in [1.807, 2.05) is 45.7 Å². The third-order valence-electron chi connectivity index (χ3n) is 2.84. The van der Waals surface area contributed by atoms with Crippen LogP contribution in [0.15, 0.2) is 78.4 Å². The standard InChI is InChI=1S/C19H27N/c1-9-11-17(7)12-13-18(16(5)6)19(14-15(3)4)20(8)10-2/h9-10,12-14,18H,2-3,5H2,1,4,6-8H3/b13-12-,19-14-. The molecule has 0 bridgehead atoms. The first kappa shape index (κ1) is 18.0. The minimum Gasteiger partial charge on any atom is -0.354 e. The summed E-state index contributed by atoms with van der Waals surface area (Å²) in [5.41, 5.74) is 7.46. The number of hydrogen-bond acceptors (Lipinski definition) is 1. The number of allylic oxidation sites excluding steroid dienone is 5. The molecular formula is C19H27N. The molecule has 0 aliphatic rings. The molecule has 0 spiro atoms. The molecule has 1 nitrogen and oxygen atoms in total. The van der Waals surface area contributed by atoms with Crippen molar-refractivity contribution < 1.29 is 0 Å². The predicted octanol–water partition coefficient (Wildman–Crippen LogP) is 5.39.